The molecule has 3 fully saturated rings. The number of benzene rings is 1. The van der Waals surface area contributed by atoms with Crippen LogP contribution in [-0.4, -0.2) is 82.6 Å². The molecule has 0 spiro atoms. The lowest BCUT2D eigenvalue weighted by molar-refractivity contribution is -0.135. The van der Waals surface area contributed by atoms with Gasteiger partial charge in [-0.15, -0.1) is 0 Å². The normalized spacial score (nSPS) is 23.8. The molecule has 3 aliphatic rings. The van der Waals surface area contributed by atoms with Crippen molar-refractivity contribution in [1.82, 2.24) is 14.7 Å². The van der Waals surface area contributed by atoms with E-state index in [0.29, 0.717) is 44.7 Å². The Morgan fingerprint density at radius 1 is 1.14 bits per heavy atom. The molecule has 6 nitrogen and oxygen atoms in total. The van der Waals surface area contributed by atoms with E-state index in [1.54, 1.807) is 25.1 Å². The number of likely N-dealkylation sites (tertiary alicyclic amines) is 1. The van der Waals surface area contributed by atoms with Gasteiger partial charge in [-0.05, 0) is 43.9 Å². The summed E-state index contributed by atoms with van der Waals surface area (Å²) in [6.45, 7) is 8.31. The van der Waals surface area contributed by atoms with Crippen LogP contribution < -0.4 is 0 Å². The zero-order chi connectivity index (χ0) is 25.7. The fraction of sp³-hybridized carbons (Fsp3) is 0.607. The van der Waals surface area contributed by atoms with Crippen LogP contribution in [0.4, 0.5) is 4.39 Å². The minimum absolute atomic E-state index is 0.00739. The van der Waals surface area contributed by atoms with E-state index in [0.717, 1.165) is 44.3 Å². The number of thioether (sulfide) groups is 1. The average molecular weight is 516 g/mol. The second-order valence-corrected chi connectivity index (χ2v) is 11.6. The molecule has 2 heterocycles. The SMILES string of the molecule is CCCCN1CCN(C/C=C2\CN(C(C(=O)C3CC3)c3ccccc3F)CCC2SC(C)=O)C(=O)C1. The maximum atomic E-state index is 14.8. The number of hydrogen-bond donors (Lipinski definition) is 0. The van der Waals surface area contributed by atoms with Gasteiger partial charge in [0, 0.05) is 56.4 Å². The van der Waals surface area contributed by atoms with Crippen LogP contribution >= 0.6 is 11.8 Å². The van der Waals surface area contributed by atoms with Crippen molar-refractivity contribution in [2.24, 2.45) is 5.92 Å². The molecule has 4 rings (SSSR count). The molecule has 1 amide bonds. The number of piperazine rings is 1. The number of ketones is 1. The Hall–Kier alpha value is -2.03. The lowest BCUT2D eigenvalue weighted by Gasteiger charge is -2.39. The summed E-state index contributed by atoms with van der Waals surface area (Å²) in [6, 6.07) is 5.96. The monoisotopic (exact) mass is 515 g/mol. The van der Waals surface area contributed by atoms with E-state index in [9.17, 15) is 18.8 Å². The highest BCUT2D eigenvalue weighted by Gasteiger charge is 2.41. The number of carbonyl (C=O) groups is 3. The fourth-order valence-electron chi connectivity index (χ4n) is 5.20. The van der Waals surface area contributed by atoms with E-state index in [2.05, 4.69) is 22.8 Å². The van der Waals surface area contributed by atoms with Crippen LogP contribution in [-0.2, 0) is 14.4 Å². The van der Waals surface area contributed by atoms with Gasteiger partial charge in [-0.3, -0.25) is 24.2 Å². The topological polar surface area (TPSA) is 60.9 Å². The van der Waals surface area contributed by atoms with Crippen molar-refractivity contribution in [1.29, 1.82) is 0 Å². The highest BCUT2D eigenvalue weighted by molar-refractivity contribution is 8.14. The van der Waals surface area contributed by atoms with Gasteiger partial charge in [0.05, 0.1) is 12.6 Å². The van der Waals surface area contributed by atoms with Crippen LogP contribution in [0.1, 0.15) is 57.6 Å². The number of hydrogen-bond acceptors (Lipinski definition) is 6. The molecule has 1 aromatic rings. The summed E-state index contributed by atoms with van der Waals surface area (Å²) in [7, 11) is 0. The molecule has 0 radical (unpaired) electrons. The van der Waals surface area contributed by atoms with Crippen molar-refractivity contribution in [3.05, 3.63) is 47.3 Å². The third-order valence-electron chi connectivity index (χ3n) is 7.40. The molecule has 2 aliphatic heterocycles. The quantitative estimate of drug-likeness (QED) is 0.438. The Morgan fingerprint density at radius 3 is 2.58 bits per heavy atom. The molecule has 2 saturated heterocycles. The largest absolute Gasteiger partial charge is 0.337 e. The molecule has 2 unspecified atom stereocenters. The molecule has 0 N–H and O–H groups in total. The van der Waals surface area contributed by atoms with E-state index in [4.69, 9.17) is 0 Å². The molecule has 1 saturated carbocycles. The third kappa shape index (κ3) is 6.84. The zero-order valence-electron chi connectivity index (χ0n) is 21.5. The number of rotatable bonds is 10. The Balaban J connectivity index is 1.51. The van der Waals surface area contributed by atoms with Gasteiger partial charge < -0.3 is 4.90 Å². The smallest absolute Gasteiger partial charge is 0.237 e. The van der Waals surface area contributed by atoms with Gasteiger partial charge in [0.1, 0.15) is 5.82 Å². The number of nitrogens with zero attached hydrogens (tertiary/aromatic N) is 3. The molecule has 2 atom stereocenters. The molecule has 1 aliphatic carbocycles. The van der Waals surface area contributed by atoms with Crippen molar-refractivity contribution in [3.63, 3.8) is 0 Å². The summed E-state index contributed by atoms with van der Waals surface area (Å²) in [5.74, 6) is -0.122. The fourth-order valence-corrected chi connectivity index (χ4v) is 6.15. The van der Waals surface area contributed by atoms with Crippen molar-refractivity contribution < 1.29 is 18.8 Å². The maximum absolute atomic E-state index is 14.8. The Morgan fingerprint density at radius 2 is 1.92 bits per heavy atom. The standard InChI is InChI=1S/C28H38FN3O3S/c1-3-4-13-30-16-17-31(26(34)19-30)14-11-22-18-32(15-12-25(22)36-20(2)33)27(28(35)21-9-10-21)23-7-5-6-8-24(23)29/h5-8,11,21,25,27H,3-4,9-10,12-19H2,1-2H3/b22-11+. The number of Topliss-reactive ketones (excluding diaryl/α,β-unsaturated/α-hetero) is 1. The Bertz CT molecular complexity index is 996. The van der Waals surface area contributed by atoms with E-state index >= 15 is 0 Å². The second kappa shape index (κ2) is 12.5. The first kappa shape index (κ1) is 27.0. The minimum Gasteiger partial charge on any atom is -0.337 e. The first-order chi connectivity index (χ1) is 17.4. The molecule has 8 heteroatoms. The Labute approximate surface area is 218 Å². The molecular formula is C28H38FN3O3S. The summed E-state index contributed by atoms with van der Waals surface area (Å²) in [4.78, 5) is 44.2. The Kier molecular flexibility index (Phi) is 9.36. The van der Waals surface area contributed by atoms with Crippen LogP contribution in [0.25, 0.3) is 0 Å². The van der Waals surface area contributed by atoms with Crippen molar-refractivity contribution in [2.45, 2.75) is 57.2 Å². The maximum Gasteiger partial charge on any atom is 0.237 e. The molecule has 0 bridgehead atoms. The number of piperidine rings is 1. The van der Waals surface area contributed by atoms with E-state index < -0.39 is 6.04 Å². The lowest BCUT2D eigenvalue weighted by Crippen LogP contribution is -2.50. The number of carbonyl (C=O) groups excluding carboxylic acids is 3. The average Bonchev–Trinajstić information content (AvgIpc) is 3.70. The van der Waals surface area contributed by atoms with Crippen molar-refractivity contribution in [2.75, 3.05) is 45.8 Å². The summed E-state index contributed by atoms with van der Waals surface area (Å²) >= 11 is 1.32. The first-order valence-electron chi connectivity index (χ1n) is 13.3. The van der Waals surface area contributed by atoms with Gasteiger partial charge in [0.2, 0.25) is 5.91 Å². The van der Waals surface area contributed by atoms with Crippen molar-refractivity contribution in [3.8, 4) is 0 Å². The third-order valence-corrected chi connectivity index (χ3v) is 8.55. The van der Waals surface area contributed by atoms with Gasteiger partial charge >= 0.3 is 0 Å². The predicted octanol–water partition coefficient (Wildman–Crippen LogP) is 4.07. The van der Waals surface area contributed by atoms with Gasteiger partial charge in [0.25, 0.3) is 0 Å². The van der Waals surface area contributed by atoms with Gasteiger partial charge in [0.15, 0.2) is 10.9 Å². The summed E-state index contributed by atoms with van der Waals surface area (Å²) in [6.07, 6.45) is 6.73. The van der Waals surface area contributed by atoms with Crippen LogP contribution in [0.15, 0.2) is 35.9 Å². The van der Waals surface area contributed by atoms with Crippen LogP contribution in [0.2, 0.25) is 0 Å². The summed E-state index contributed by atoms with van der Waals surface area (Å²) < 4.78 is 14.8. The highest BCUT2D eigenvalue weighted by atomic mass is 32.2. The highest BCUT2D eigenvalue weighted by Crippen LogP contribution is 2.40. The van der Waals surface area contributed by atoms with E-state index in [1.165, 1.54) is 17.8 Å². The van der Waals surface area contributed by atoms with Crippen LogP contribution in [0, 0.1) is 11.7 Å². The summed E-state index contributed by atoms with van der Waals surface area (Å²) in [5.41, 5.74) is 1.48. The molecular weight excluding hydrogens is 477 g/mol. The number of unbranched alkanes of at least 4 members (excludes halogenated alkanes) is 1. The molecule has 0 aromatic heterocycles. The minimum atomic E-state index is -0.617. The van der Waals surface area contributed by atoms with Gasteiger partial charge in [-0.25, -0.2) is 4.39 Å². The molecule has 36 heavy (non-hydrogen) atoms. The zero-order valence-corrected chi connectivity index (χ0v) is 22.3. The second-order valence-electron chi connectivity index (χ2n) is 10.2. The summed E-state index contributed by atoms with van der Waals surface area (Å²) in [5, 5.41) is 0.0664. The molecule has 1 aromatic carbocycles. The van der Waals surface area contributed by atoms with Gasteiger partial charge in [-0.2, -0.15) is 0 Å². The van der Waals surface area contributed by atoms with Crippen LogP contribution in [0.3, 0.4) is 0 Å². The van der Waals surface area contributed by atoms with Gasteiger partial charge in [-0.1, -0.05) is 49.4 Å². The number of halogens is 1. The van der Waals surface area contributed by atoms with E-state index in [-0.39, 0.29) is 33.8 Å². The van der Waals surface area contributed by atoms with E-state index in [1.807, 2.05) is 4.90 Å². The van der Waals surface area contributed by atoms with Crippen LogP contribution in [0.5, 0.6) is 0 Å². The van der Waals surface area contributed by atoms with Crippen molar-refractivity contribution >= 4 is 28.6 Å². The number of amides is 1. The molecule has 196 valence electrons. The predicted molar refractivity (Wildman–Crippen MR) is 141 cm³/mol. The first-order valence-corrected chi connectivity index (χ1v) is 14.1. The lowest BCUT2D eigenvalue weighted by atomic mass is 9.93.